The predicted molar refractivity (Wildman–Crippen MR) is 102 cm³/mol. The summed E-state index contributed by atoms with van der Waals surface area (Å²) in [7, 11) is 0. The number of hydrogen-bond acceptors (Lipinski definition) is 7. The van der Waals surface area contributed by atoms with E-state index in [4.69, 9.17) is 4.74 Å². The molecule has 0 amide bonds. The molecule has 10 nitrogen and oxygen atoms in total. The van der Waals surface area contributed by atoms with E-state index in [2.05, 4.69) is 30.0 Å². The number of aryl methyl sites for hydroxylation is 1. The minimum absolute atomic E-state index is 0.0264. The average molecular weight is 409 g/mol. The lowest BCUT2D eigenvalue weighted by atomic mass is 10.2. The van der Waals surface area contributed by atoms with Gasteiger partial charge in [0, 0.05) is 5.22 Å². The number of aromatic amines is 2. The van der Waals surface area contributed by atoms with E-state index in [0.717, 1.165) is 12.8 Å². The summed E-state index contributed by atoms with van der Waals surface area (Å²) >= 11 is 0. The smallest absolute Gasteiger partial charge is 0.327 e. The molecule has 0 unspecified atom stereocenters. The highest BCUT2D eigenvalue weighted by atomic mass is 19.1. The largest absolute Gasteiger partial charge is 0.493 e. The number of H-pyrrole nitrogens is 2. The van der Waals surface area contributed by atoms with Gasteiger partial charge in [-0.25, -0.2) is 14.2 Å². The molecular formula is C19H16FN7O3. The fourth-order valence-electron chi connectivity index (χ4n) is 2.93. The molecule has 1 aromatic carbocycles. The number of ether oxygens (including phenoxy) is 1. The number of rotatable bonds is 4. The Morgan fingerprint density at radius 1 is 1.33 bits per heavy atom. The van der Waals surface area contributed by atoms with Crippen LogP contribution in [0.1, 0.15) is 24.1 Å². The van der Waals surface area contributed by atoms with Gasteiger partial charge in [-0.3, -0.25) is 4.98 Å². The average Bonchev–Trinajstić information content (AvgIpc) is 3.33. The number of benzene rings is 1. The van der Waals surface area contributed by atoms with Crippen LogP contribution in [0, 0.1) is 12.7 Å². The van der Waals surface area contributed by atoms with E-state index >= 15 is 0 Å². The molecule has 1 aliphatic carbocycles. The number of nitrogens with one attached hydrogen (secondary N) is 2. The van der Waals surface area contributed by atoms with Crippen molar-refractivity contribution in [1.29, 1.82) is 0 Å². The van der Waals surface area contributed by atoms with Crippen molar-refractivity contribution in [3.63, 3.8) is 0 Å². The summed E-state index contributed by atoms with van der Waals surface area (Å²) in [6.45, 7) is 1.72. The maximum Gasteiger partial charge on any atom is 0.327 e. The fourth-order valence-corrected chi connectivity index (χ4v) is 2.93. The van der Waals surface area contributed by atoms with Gasteiger partial charge in [0.1, 0.15) is 17.3 Å². The Kier molecular flexibility index (Phi) is 4.09. The van der Waals surface area contributed by atoms with Crippen LogP contribution in [0.3, 0.4) is 0 Å². The van der Waals surface area contributed by atoms with Gasteiger partial charge in [-0.2, -0.15) is 19.6 Å². The molecule has 11 heteroatoms. The van der Waals surface area contributed by atoms with Crippen molar-refractivity contribution in [3.05, 3.63) is 62.8 Å². The number of hydrogen-bond donors (Lipinski definition) is 3. The summed E-state index contributed by atoms with van der Waals surface area (Å²) in [4.78, 5) is 29.5. The van der Waals surface area contributed by atoms with E-state index in [1.165, 1.54) is 35.0 Å². The lowest BCUT2D eigenvalue weighted by Crippen LogP contribution is -2.23. The first kappa shape index (κ1) is 18.0. The maximum absolute atomic E-state index is 13.4. The number of imidazole rings is 1. The van der Waals surface area contributed by atoms with Crippen LogP contribution in [0.4, 0.5) is 4.39 Å². The standard InChI is InChI=1S/C19H16FN7O3/c1-9-6-11(20)2-5-14(9)30-19-24-15-10(7-13-16(28)25-18(29)23-13)8-21-27(15)17(26-19)22-12-3-4-12/h2,5-8,12,28H,3-4H2,1H3,(H2,23,25,29)/b10-7-,22-17?. The van der Waals surface area contributed by atoms with Gasteiger partial charge < -0.3 is 14.8 Å². The van der Waals surface area contributed by atoms with Crippen molar-refractivity contribution in [2.75, 3.05) is 0 Å². The number of fused-ring (bicyclic) bond motifs is 1. The number of aromatic hydroxyl groups is 1. The first-order chi connectivity index (χ1) is 14.5. The van der Waals surface area contributed by atoms with E-state index in [1.807, 2.05) is 0 Å². The van der Waals surface area contributed by atoms with E-state index < -0.39 is 5.69 Å². The first-order valence-corrected chi connectivity index (χ1v) is 9.23. The number of nitrogens with zero attached hydrogens (tertiary/aromatic N) is 5. The zero-order valence-corrected chi connectivity index (χ0v) is 15.8. The Balaban J connectivity index is 1.68. The lowest BCUT2D eigenvalue weighted by molar-refractivity contribution is 0.431. The normalized spacial score (nSPS) is 15.3. The molecule has 0 saturated heterocycles. The van der Waals surface area contributed by atoms with Gasteiger partial charge in [-0.1, -0.05) is 0 Å². The van der Waals surface area contributed by atoms with Crippen LogP contribution in [0.5, 0.6) is 17.6 Å². The van der Waals surface area contributed by atoms with Gasteiger partial charge in [0.25, 0.3) is 5.62 Å². The second kappa shape index (κ2) is 6.79. The quantitative estimate of drug-likeness (QED) is 0.454. The molecule has 0 bridgehead atoms. The van der Waals surface area contributed by atoms with Crippen molar-refractivity contribution >= 4 is 11.7 Å². The fraction of sp³-hybridized carbons (Fsp3) is 0.211. The number of aromatic nitrogens is 6. The Bertz CT molecular complexity index is 1450. The van der Waals surface area contributed by atoms with Crippen molar-refractivity contribution in [2.24, 2.45) is 4.99 Å². The van der Waals surface area contributed by atoms with Gasteiger partial charge >= 0.3 is 11.7 Å². The van der Waals surface area contributed by atoms with Crippen LogP contribution >= 0.6 is 0 Å². The molecule has 0 atom stereocenters. The molecule has 3 N–H and O–H groups in total. The van der Waals surface area contributed by atoms with Crippen LogP contribution in [-0.2, 0) is 0 Å². The SMILES string of the molecule is Cc1cc(F)ccc1Oc1nc(=NC2CC2)n2nc/c(=C/c3[nH]c(=O)[nH]c3O)c2n1. The Morgan fingerprint density at radius 3 is 2.87 bits per heavy atom. The topological polar surface area (TPSA) is 134 Å². The van der Waals surface area contributed by atoms with Gasteiger partial charge in [-0.15, -0.1) is 0 Å². The van der Waals surface area contributed by atoms with Gasteiger partial charge in [0.05, 0.1) is 12.2 Å². The van der Waals surface area contributed by atoms with Crippen LogP contribution in [-0.4, -0.2) is 40.7 Å². The highest BCUT2D eigenvalue weighted by Gasteiger charge is 2.21. The van der Waals surface area contributed by atoms with E-state index in [9.17, 15) is 14.3 Å². The van der Waals surface area contributed by atoms with Crippen LogP contribution in [0.25, 0.3) is 11.7 Å². The molecule has 3 aromatic heterocycles. The summed E-state index contributed by atoms with van der Waals surface area (Å²) in [5, 5.41) is 14.6. The molecule has 3 heterocycles. The van der Waals surface area contributed by atoms with Crippen LogP contribution in [0.15, 0.2) is 34.2 Å². The molecule has 0 radical (unpaired) electrons. The van der Waals surface area contributed by atoms with Crippen molar-refractivity contribution < 1.29 is 14.2 Å². The van der Waals surface area contributed by atoms with Crippen molar-refractivity contribution in [2.45, 2.75) is 25.8 Å². The van der Waals surface area contributed by atoms with E-state index in [-0.39, 0.29) is 29.4 Å². The third kappa shape index (κ3) is 3.41. The van der Waals surface area contributed by atoms with Crippen molar-refractivity contribution in [3.8, 4) is 17.6 Å². The molecule has 0 aliphatic heterocycles. The van der Waals surface area contributed by atoms with E-state index in [0.29, 0.717) is 27.8 Å². The molecule has 1 saturated carbocycles. The van der Waals surface area contributed by atoms with Gasteiger partial charge in [0.15, 0.2) is 5.65 Å². The maximum atomic E-state index is 13.4. The Morgan fingerprint density at radius 2 is 2.17 bits per heavy atom. The summed E-state index contributed by atoms with van der Waals surface area (Å²) < 4.78 is 20.7. The third-order valence-electron chi connectivity index (χ3n) is 4.58. The van der Waals surface area contributed by atoms with Crippen molar-refractivity contribution in [1.82, 2.24) is 29.5 Å². The monoisotopic (exact) mass is 409 g/mol. The van der Waals surface area contributed by atoms with Gasteiger partial charge in [-0.05, 0) is 49.6 Å². The molecule has 5 rings (SSSR count). The minimum Gasteiger partial charge on any atom is -0.493 e. The molecule has 1 aliphatic rings. The minimum atomic E-state index is -0.537. The molecule has 0 spiro atoms. The zero-order chi connectivity index (χ0) is 20.8. The molecule has 152 valence electrons. The summed E-state index contributed by atoms with van der Waals surface area (Å²) in [5.74, 6) is -0.251. The summed E-state index contributed by atoms with van der Waals surface area (Å²) in [6, 6.07) is 4.34. The summed E-state index contributed by atoms with van der Waals surface area (Å²) in [5.41, 5.74) is 0.940. The molecule has 30 heavy (non-hydrogen) atoms. The van der Waals surface area contributed by atoms with Crippen LogP contribution < -0.4 is 21.3 Å². The highest BCUT2D eigenvalue weighted by molar-refractivity contribution is 5.56. The zero-order valence-electron chi connectivity index (χ0n) is 15.8. The van der Waals surface area contributed by atoms with E-state index in [1.54, 1.807) is 6.92 Å². The molecule has 1 fully saturated rings. The summed E-state index contributed by atoms with van der Waals surface area (Å²) in [6.07, 6.45) is 4.99. The van der Waals surface area contributed by atoms with Gasteiger partial charge in [0.2, 0.25) is 5.88 Å². The molecular weight excluding hydrogens is 393 g/mol. The first-order valence-electron chi connectivity index (χ1n) is 9.23. The Labute approximate surface area is 167 Å². The van der Waals surface area contributed by atoms with Crippen LogP contribution in [0.2, 0.25) is 0 Å². The third-order valence-corrected chi connectivity index (χ3v) is 4.58. The predicted octanol–water partition coefficient (Wildman–Crippen LogP) is 0.697. The highest BCUT2D eigenvalue weighted by Crippen LogP contribution is 2.24. The number of halogens is 1. The lowest BCUT2D eigenvalue weighted by Gasteiger charge is -2.07. The molecule has 4 aromatic rings. The second-order valence-corrected chi connectivity index (χ2v) is 7.00. The Hall–Kier alpha value is -4.02. The second-order valence-electron chi connectivity index (χ2n) is 7.00.